The molecule has 0 radical (unpaired) electrons. The number of amides is 1. The number of thiazole rings is 1. The van der Waals surface area contributed by atoms with Gasteiger partial charge in [-0.3, -0.25) is 4.79 Å². The fraction of sp³-hybridized carbons (Fsp3) is 0.286. The van der Waals surface area contributed by atoms with Crippen LogP contribution in [0.2, 0.25) is 5.02 Å². The molecule has 1 saturated heterocycles. The van der Waals surface area contributed by atoms with E-state index >= 15 is 0 Å². The Morgan fingerprint density at radius 3 is 2.61 bits per heavy atom. The van der Waals surface area contributed by atoms with E-state index in [9.17, 15) is 4.79 Å². The molecule has 3 aromatic rings. The lowest BCUT2D eigenvalue weighted by Gasteiger charge is -2.27. The van der Waals surface area contributed by atoms with Crippen molar-refractivity contribution in [2.45, 2.75) is 25.8 Å². The maximum Gasteiger partial charge on any atom is 0.271 e. The first-order valence-electron chi connectivity index (χ1n) is 9.38. The van der Waals surface area contributed by atoms with Gasteiger partial charge in [-0.25, -0.2) is 9.97 Å². The predicted octanol–water partition coefficient (Wildman–Crippen LogP) is 4.78. The molecule has 0 aliphatic carbocycles. The molecular weight excluding hydrogens is 392 g/mol. The van der Waals surface area contributed by atoms with Crippen molar-refractivity contribution in [3.05, 3.63) is 64.3 Å². The van der Waals surface area contributed by atoms with Crippen molar-refractivity contribution in [1.29, 1.82) is 0 Å². The van der Waals surface area contributed by atoms with Gasteiger partial charge in [-0.1, -0.05) is 29.8 Å². The quantitative estimate of drug-likeness (QED) is 0.655. The largest absolute Gasteiger partial charge is 0.357 e. The van der Waals surface area contributed by atoms with Crippen LogP contribution in [0.25, 0.3) is 10.6 Å². The normalized spacial score (nSPS) is 14.1. The Bertz CT molecular complexity index is 934. The summed E-state index contributed by atoms with van der Waals surface area (Å²) in [5.74, 6) is 0.832. The molecule has 5 nitrogen and oxygen atoms in total. The van der Waals surface area contributed by atoms with Gasteiger partial charge in [0.05, 0.1) is 0 Å². The summed E-state index contributed by atoms with van der Waals surface area (Å²) in [5, 5.41) is 6.17. The zero-order chi connectivity index (χ0) is 19.3. The van der Waals surface area contributed by atoms with Crippen LogP contribution in [0.15, 0.2) is 48.0 Å². The van der Waals surface area contributed by atoms with E-state index in [1.165, 1.54) is 30.6 Å². The summed E-state index contributed by atoms with van der Waals surface area (Å²) in [6.07, 6.45) is 5.59. The first-order chi connectivity index (χ1) is 13.7. The molecule has 28 heavy (non-hydrogen) atoms. The summed E-state index contributed by atoms with van der Waals surface area (Å²) in [6, 6.07) is 11.5. The first-order valence-corrected chi connectivity index (χ1v) is 10.6. The maximum absolute atomic E-state index is 12.4. The summed E-state index contributed by atoms with van der Waals surface area (Å²) in [4.78, 5) is 23.7. The number of anilines is 1. The molecule has 0 bridgehead atoms. The molecule has 7 heteroatoms. The van der Waals surface area contributed by atoms with Gasteiger partial charge in [-0.15, -0.1) is 11.3 Å². The molecule has 0 unspecified atom stereocenters. The van der Waals surface area contributed by atoms with E-state index in [1.54, 1.807) is 5.38 Å². The molecule has 3 heterocycles. The van der Waals surface area contributed by atoms with Gasteiger partial charge >= 0.3 is 0 Å². The van der Waals surface area contributed by atoms with Gasteiger partial charge in [0, 0.05) is 41.8 Å². The fourth-order valence-corrected chi connectivity index (χ4v) is 4.14. The number of rotatable bonds is 5. The fourth-order valence-electron chi connectivity index (χ4n) is 3.21. The van der Waals surface area contributed by atoms with E-state index in [1.807, 2.05) is 42.6 Å². The summed E-state index contributed by atoms with van der Waals surface area (Å²) in [6.45, 7) is 2.58. The third kappa shape index (κ3) is 4.51. The van der Waals surface area contributed by atoms with Gasteiger partial charge in [-0.05, 0) is 43.0 Å². The van der Waals surface area contributed by atoms with Crippen LogP contribution in [-0.2, 0) is 6.54 Å². The highest BCUT2D eigenvalue weighted by atomic mass is 35.5. The Morgan fingerprint density at radius 1 is 1.11 bits per heavy atom. The lowest BCUT2D eigenvalue weighted by atomic mass is 10.1. The average molecular weight is 413 g/mol. The second-order valence-electron chi connectivity index (χ2n) is 6.80. The number of hydrogen-bond acceptors (Lipinski definition) is 5. The van der Waals surface area contributed by atoms with E-state index in [0.29, 0.717) is 17.3 Å². The monoisotopic (exact) mass is 412 g/mol. The van der Waals surface area contributed by atoms with Gasteiger partial charge in [0.15, 0.2) is 0 Å². The lowest BCUT2D eigenvalue weighted by Crippen LogP contribution is -2.30. The Labute approximate surface area is 173 Å². The van der Waals surface area contributed by atoms with Crippen molar-refractivity contribution in [3.63, 3.8) is 0 Å². The molecule has 1 aliphatic heterocycles. The van der Waals surface area contributed by atoms with E-state index < -0.39 is 0 Å². The van der Waals surface area contributed by atoms with Crippen molar-refractivity contribution < 1.29 is 4.79 Å². The highest BCUT2D eigenvalue weighted by Gasteiger charge is 2.13. The van der Waals surface area contributed by atoms with Crippen molar-refractivity contribution >= 4 is 34.7 Å². The van der Waals surface area contributed by atoms with E-state index in [2.05, 4.69) is 20.2 Å². The molecule has 144 valence electrons. The van der Waals surface area contributed by atoms with Crippen molar-refractivity contribution in [1.82, 2.24) is 15.3 Å². The molecule has 0 saturated carbocycles. The second-order valence-corrected chi connectivity index (χ2v) is 8.09. The summed E-state index contributed by atoms with van der Waals surface area (Å²) >= 11 is 7.36. The van der Waals surface area contributed by atoms with Crippen LogP contribution in [0, 0.1) is 0 Å². The zero-order valence-electron chi connectivity index (χ0n) is 15.4. The molecule has 1 fully saturated rings. The van der Waals surface area contributed by atoms with Crippen LogP contribution < -0.4 is 10.2 Å². The Hall–Kier alpha value is -2.44. The van der Waals surface area contributed by atoms with Crippen molar-refractivity contribution in [2.24, 2.45) is 0 Å². The van der Waals surface area contributed by atoms with Crippen LogP contribution in [0.4, 0.5) is 5.82 Å². The number of piperidine rings is 1. The molecule has 1 aliphatic rings. The number of benzene rings is 1. The number of nitrogens with one attached hydrogen (secondary N) is 1. The summed E-state index contributed by atoms with van der Waals surface area (Å²) in [5.41, 5.74) is 2.35. The number of halogens is 1. The third-order valence-electron chi connectivity index (χ3n) is 4.77. The zero-order valence-corrected chi connectivity index (χ0v) is 17.0. The number of hydrogen-bond donors (Lipinski definition) is 1. The van der Waals surface area contributed by atoms with Gasteiger partial charge in [0.1, 0.15) is 16.5 Å². The van der Waals surface area contributed by atoms with E-state index in [0.717, 1.165) is 35.0 Å². The van der Waals surface area contributed by atoms with Crippen LogP contribution in [0.3, 0.4) is 0 Å². The van der Waals surface area contributed by atoms with Gasteiger partial charge in [-0.2, -0.15) is 0 Å². The Morgan fingerprint density at radius 2 is 1.89 bits per heavy atom. The predicted molar refractivity (Wildman–Crippen MR) is 114 cm³/mol. The maximum atomic E-state index is 12.4. The Balaban J connectivity index is 1.34. The van der Waals surface area contributed by atoms with E-state index in [4.69, 9.17) is 11.6 Å². The van der Waals surface area contributed by atoms with Crippen LogP contribution in [-0.4, -0.2) is 29.0 Å². The topological polar surface area (TPSA) is 58.1 Å². The highest BCUT2D eigenvalue weighted by Crippen LogP contribution is 2.25. The minimum absolute atomic E-state index is 0.184. The van der Waals surface area contributed by atoms with Crippen LogP contribution in [0.5, 0.6) is 0 Å². The molecule has 1 amide bonds. The number of pyridine rings is 1. The van der Waals surface area contributed by atoms with E-state index in [-0.39, 0.29) is 5.91 Å². The lowest BCUT2D eigenvalue weighted by molar-refractivity contribution is 0.0946. The summed E-state index contributed by atoms with van der Waals surface area (Å²) in [7, 11) is 0. The number of nitrogens with zero attached hydrogens (tertiary/aromatic N) is 3. The minimum atomic E-state index is -0.184. The molecule has 0 atom stereocenters. The highest BCUT2D eigenvalue weighted by molar-refractivity contribution is 7.13. The van der Waals surface area contributed by atoms with Crippen molar-refractivity contribution in [2.75, 3.05) is 18.0 Å². The minimum Gasteiger partial charge on any atom is -0.357 e. The molecule has 1 N–H and O–H groups in total. The average Bonchev–Trinajstić information content (AvgIpc) is 3.24. The standard InChI is InChI=1S/C21H21ClN4OS/c22-17-7-5-16(6-8-17)21-25-18(14-28-21)20(27)24-13-15-4-9-19(23-12-15)26-10-2-1-3-11-26/h4-9,12,14H,1-3,10-11,13H2,(H,24,27). The van der Waals surface area contributed by atoms with Crippen LogP contribution in [0.1, 0.15) is 35.3 Å². The Kier molecular flexibility index (Phi) is 5.88. The van der Waals surface area contributed by atoms with Gasteiger partial charge in [0.25, 0.3) is 5.91 Å². The summed E-state index contributed by atoms with van der Waals surface area (Å²) < 4.78 is 0. The number of aromatic nitrogens is 2. The third-order valence-corrected chi connectivity index (χ3v) is 5.91. The smallest absolute Gasteiger partial charge is 0.271 e. The van der Waals surface area contributed by atoms with Crippen LogP contribution >= 0.6 is 22.9 Å². The number of carbonyl (C=O) groups excluding carboxylic acids is 1. The SMILES string of the molecule is O=C(NCc1ccc(N2CCCCC2)nc1)c1csc(-c2ccc(Cl)cc2)n1. The molecule has 2 aromatic heterocycles. The first kappa shape index (κ1) is 18.9. The second kappa shape index (κ2) is 8.71. The van der Waals surface area contributed by atoms with Gasteiger partial charge in [0.2, 0.25) is 0 Å². The molecular formula is C21H21ClN4OS. The molecule has 4 rings (SSSR count). The molecule has 1 aromatic carbocycles. The number of carbonyl (C=O) groups is 1. The van der Waals surface area contributed by atoms with Gasteiger partial charge < -0.3 is 10.2 Å². The molecule has 0 spiro atoms. The van der Waals surface area contributed by atoms with Crippen molar-refractivity contribution in [3.8, 4) is 10.6 Å².